The third-order valence-corrected chi connectivity index (χ3v) is 3.13. The molecule has 1 aromatic carbocycles. The number of benzene rings is 1. The van der Waals surface area contributed by atoms with Gasteiger partial charge in [-0.05, 0) is 43.2 Å². The highest BCUT2D eigenvalue weighted by Crippen LogP contribution is 2.16. The smallest absolute Gasteiger partial charge is 0.0512 e. The van der Waals surface area contributed by atoms with Crippen LogP contribution in [-0.2, 0) is 0 Å². The second-order valence-electron chi connectivity index (χ2n) is 5.36. The van der Waals surface area contributed by atoms with E-state index >= 15 is 0 Å². The van der Waals surface area contributed by atoms with Gasteiger partial charge in [-0.1, -0.05) is 56.7 Å². The van der Waals surface area contributed by atoms with E-state index in [2.05, 4.69) is 50.3 Å². The molecule has 1 rings (SSSR count). The summed E-state index contributed by atoms with van der Waals surface area (Å²) >= 11 is 0. The molecule has 1 nitrogen and oxygen atoms in total. The Labute approximate surface area is 112 Å². The molecule has 0 fully saturated rings. The number of aliphatic hydroxyl groups excluding tert-OH is 1. The quantitative estimate of drug-likeness (QED) is 0.687. The van der Waals surface area contributed by atoms with E-state index in [9.17, 15) is 0 Å². The molecule has 0 spiro atoms. The molecule has 0 aromatic heterocycles. The minimum absolute atomic E-state index is 0.156. The Kier molecular flexibility index (Phi) is 6.74. The lowest BCUT2D eigenvalue weighted by molar-refractivity contribution is 0.181. The second kappa shape index (κ2) is 8.10. The van der Waals surface area contributed by atoms with Crippen molar-refractivity contribution >= 4 is 6.08 Å². The molecule has 0 heterocycles. The lowest BCUT2D eigenvalue weighted by atomic mass is 10.0. The first kappa shape index (κ1) is 15.0. The zero-order valence-electron chi connectivity index (χ0n) is 11.9. The summed E-state index contributed by atoms with van der Waals surface area (Å²) in [6.45, 7) is 6.30. The summed E-state index contributed by atoms with van der Waals surface area (Å²) < 4.78 is 0. The Hall–Kier alpha value is -1.08. The summed E-state index contributed by atoms with van der Waals surface area (Å²) in [5, 5.41) is 9.15. The molecule has 0 saturated heterocycles. The standard InChI is InChI=1S/C17H26O/c1-14(2)17-12-8-11-16(13-17)10-7-5-4-6-9-15(3)18/h7-8,10-15,18H,4-6,9H2,1-3H3/b10-7+/t15-/m0/s1. The first-order valence-corrected chi connectivity index (χ1v) is 7.04. The molecule has 0 aliphatic rings. The van der Waals surface area contributed by atoms with E-state index in [0.717, 1.165) is 25.7 Å². The van der Waals surface area contributed by atoms with Gasteiger partial charge in [0.2, 0.25) is 0 Å². The van der Waals surface area contributed by atoms with Crippen LogP contribution in [0.15, 0.2) is 30.3 Å². The van der Waals surface area contributed by atoms with Crippen LogP contribution in [0.3, 0.4) is 0 Å². The van der Waals surface area contributed by atoms with Crippen LogP contribution in [0.2, 0.25) is 0 Å². The average Bonchev–Trinajstić information content (AvgIpc) is 2.33. The van der Waals surface area contributed by atoms with E-state index in [4.69, 9.17) is 5.11 Å². The normalized spacial score (nSPS) is 13.4. The van der Waals surface area contributed by atoms with Gasteiger partial charge in [0, 0.05) is 0 Å². The van der Waals surface area contributed by atoms with Gasteiger partial charge in [0.1, 0.15) is 0 Å². The maximum atomic E-state index is 9.15. The zero-order valence-corrected chi connectivity index (χ0v) is 11.9. The second-order valence-corrected chi connectivity index (χ2v) is 5.36. The fourth-order valence-corrected chi connectivity index (χ4v) is 1.94. The van der Waals surface area contributed by atoms with Crippen LogP contribution in [0.25, 0.3) is 6.08 Å². The highest BCUT2D eigenvalue weighted by Gasteiger charge is 1.98. The molecule has 1 N–H and O–H groups in total. The van der Waals surface area contributed by atoms with Gasteiger partial charge < -0.3 is 5.11 Å². The average molecular weight is 246 g/mol. The molecule has 0 bridgehead atoms. The van der Waals surface area contributed by atoms with E-state index < -0.39 is 0 Å². The summed E-state index contributed by atoms with van der Waals surface area (Å²) in [5.41, 5.74) is 2.68. The lowest BCUT2D eigenvalue weighted by Gasteiger charge is -2.05. The van der Waals surface area contributed by atoms with Crippen molar-refractivity contribution in [1.29, 1.82) is 0 Å². The molecule has 0 aliphatic heterocycles. The summed E-state index contributed by atoms with van der Waals surface area (Å²) in [6, 6.07) is 8.72. The van der Waals surface area contributed by atoms with Crippen molar-refractivity contribution in [2.24, 2.45) is 0 Å². The number of hydrogen-bond donors (Lipinski definition) is 1. The third-order valence-electron chi connectivity index (χ3n) is 3.13. The fourth-order valence-electron chi connectivity index (χ4n) is 1.94. The number of hydrogen-bond acceptors (Lipinski definition) is 1. The predicted octanol–water partition coefficient (Wildman–Crippen LogP) is 4.76. The van der Waals surface area contributed by atoms with Gasteiger partial charge in [-0.25, -0.2) is 0 Å². The van der Waals surface area contributed by atoms with Crippen LogP contribution >= 0.6 is 0 Å². The van der Waals surface area contributed by atoms with E-state index in [1.165, 1.54) is 11.1 Å². The van der Waals surface area contributed by atoms with Crippen LogP contribution in [0.4, 0.5) is 0 Å². The van der Waals surface area contributed by atoms with Crippen LogP contribution in [0, 0.1) is 0 Å². The minimum atomic E-state index is -0.156. The topological polar surface area (TPSA) is 20.2 Å². The van der Waals surface area contributed by atoms with Gasteiger partial charge in [0.05, 0.1) is 6.10 Å². The van der Waals surface area contributed by atoms with E-state index in [1.807, 2.05) is 6.92 Å². The summed E-state index contributed by atoms with van der Waals surface area (Å²) in [4.78, 5) is 0. The van der Waals surface area contributed by atoms with Crippen molar-refractivity contribution in [1.82, 2.24) is 0 Å². The summed E-state index contributed by atoms with van der Waals surface area (Å²) in [6.07, 6.45) is 8.56. The summed E-state index contributed by atoms with van der Waals surface area (Å²) in [5.74, 6) is 0.587. The number of rotatable bonds is 7. The molecule has 0 radical (unpaired) electrons. The lowest BCUT2D eigenvalue weighted by Crippen LogP contribution is -1.97. The minimum Gasteiger partial charge on any atom is -0.393 e. The number of allylic oxidation sites excluding steroid dienone is 1. The molecule has 18 heavy (non-hydrogen) atoms. The van der Waals surface area contributed by atoms with Crippen LogP contribution in [0.5, 0.6) is 0 Å². The van der Waals surface area contributed by atoms with Crippen molar-refractivity contribution in [2.75, 3.05) is 0 Å². The highest BCUT2D eigenvalue weighted by molar-refractivity contribution is 5.50. The van der Waals surface area contributed by atoms with Crippen LogP contribution in [0.1, 0.15) is 63.5 Å². The van der Waals surface area contributed by atoms with Gasteiger partial charge in [-0.2, -0.15) is 0 Å². The zero-order chi connectivity index (χ0) is 13.4. The SMILES string of the molecule is CC(C)c1cccc(/C=C/CCCC[C@H](C)O)c1. The number of aliphatic hydroxyl groups is 1. The molecule has 0 unspecified atom stereocenters. The van der Waals surface area contributed by atoms with Gasteiger partial charge in [0.15, 0.2) is 0 Å². The van der Waals surface area contributed by atoms with Gasteiger partial charge >= 0.3 is 0 Å². The van der Waals surface area contributed by atoms with Crippen molar-refractivity contribution < 1.29 is 5.11 Å². The Morgan fingerprint density at radius 1 is 1.17 bits per heavy atom. The maximum absolute atomic E-state index is 9.15. The van der Waals surface area contributed by atoms with Crippen molar-refractivity contribution in [2.45, 2.75) is 58.5 Å². The molecule has 0 amide bonds. The maximum Gasteiger partial charge on any atom is 0.0512 e. The predicted molar refractivity (Wildman–Crippen MR) is 79.7 cm³/mol. The van der Waals surface area contributed by atoms with Crippen molar-refractivity contribution in [3.63, 3.8) is 0 Å². The molecular weight excluding hydrogens is 220 g/mol. The van der Waals surface area contributed by atoms with E-state index in [1.54, 1.807) is 0 Å². The molecule has 0 saturated carbocycles. The fraction of sp³-hybridized carbons (Fsp3) is 0.529. The Balaban J connectivity index is 2.35. The van der Waals surface area contributed by atoms with Crippen LogP contribution in [-0.4, -0.2) is 11.2 Å². The van der Waals surface area contributed by atoms with Crippen LogP contribution < -0.4 is 0 Å². The van der Waals surface area contributed by atoms with Gasteiger partial charge in [-0.15, -0.1) is 0 Å². The molecule has 1 aromatic rings. The number of unbranched alkanes of at least 4 members (excludes halogenated alkanes) is 2. The van der Waals surface area contributed by atoms with E-state index in [0.29, 0.717) is 5.92 Å². The van der Waals surface area contributed by atoms with Crippen molar-refractivity contribution in [3.05, 3.63) is 41.5 Å². The van der Waals surface area contributed by atoms with E-state index in [-0.39, 0.29) is 6.10 Å². The van der Waals surface area contributed by atoms with Crippen molar-refractivity contribution in [3.8, 4) is 0 Å². The Morgan fingerprint density at radius 2 is 1.94 bits per heavy atom. The first-order chi connectivity index (χ1) is 8.59. The molecule has 1 atom stereocenters. The third kappa shape index (κ3) is 6.02. The van der Waals surface area contributed by atoms with Gasteiger partial charge in [0.25, 0.3) is 0 Å². The highest BCUT2D eigenvalue weighted by atomic mass is 16.3. The molecule has 1 heteroatoms. The summed E-state index contributed by atoms with van der Waals surface area (Å²) in [7, 11) is 0. The molecular formula is C17H26O. The molecule has 0 aliphatic carbocycles. The largest absolute Gasteiger partial charge is 0.393 e. The monoisotopic (exact) mass is 246 g/mol. The Morgan fingerprint density at radius 3 is 2.61 bits per heavy atom. The Bertz CT molecular complexity index is 364. The van der Waals surface area contributed by atoms with Gasteiger partial charge in [-0.3, -0.25) is 0 Å². The molecule has 100 valence electrons. The first-order valence-electron chi connectivity index (χ1n) is 7.04.